The van der Waals surface area contributed by atoms with Crippen LogP contribution in [0, 0.1) is 7.11 Å². The first-order chi connectivity index (χ1) is 4.86. The average molecular weight is 137 g/mol. The van der Waals surface area contributed by atoms with Crippen molar-refractivity contribution in [3.05, 3.63) is 31.6 Å². The maximum Gasteiger partial charge on any atom is 0.211 e. The number of hydrogen-bond acceptors (Lipinski definition) is 1. The maximum atomic E-state index is 4.79. The van der Waals surface area contributed by atoms with Crippen LogP contribution in [0.2, 0.25) is 0 Å². The minimum atomic E-state index is 0.796. The van der Waals surface area contributed by atoms with E-state index in [0.717, 1.165) is 12.3 Å². The van der Waals surface area contributed by atoms with Gasteiger partial charge in [-0.15, -0.1) is 0 Å². The van der Waals surface area contributed by atoms with Crippen molar-refractivity contribution in [1.82, 2.24) is 0 Å². The first-order valence-corrected chi connectivity index (χ1v) is 3.28. The van der Waals surface area contributed by atoms with Crippen molar-refractivity contribution in [1.29, 1.82) is 0 Å². The second-order valence-corrected chi connectivity index (χ2v) is 2.01. The lowest BCUT2D eigenvalue weighted by Crippen LogP contribution is -2.30. The Morgan fingerprint density at radius 1 is 1.70 bits per heavy atom. The molecule has 0 aromatic carbocycles. The number of aromatic nitrogens is 1. The number of rotatable bonds is 2. The molecule has 0 bridgehead atoms. The molecule has 10 heavy (non-hydrogen) atoms. The van der Waals surface area contributed by atoms with Crippen molar-refractivity contribution < 1.29 is 9.30 Å². The number of ether oxygens (including phenoxy) is 1. The van der Waals surface area contributed by atoms with Crippen molar-refractivity contribution in [3.8, 4) is 5.75 Å². The molecular weight excluding hydrogens is 126 g/mol. The summed E-state index contributed by atoms with van der Waals surface area (Å²) in [4.78, 5) is 0. The molecule has 0 atom stereocenters. The molecule has 1 aromatic heterocycles. The van der Waals surface area contributed by atoms with Crippen LogP contribution in [0.4, 0.5) is 0 Å². The van der Waals surface area contributed by atoms with Gasteiger partial charge in [0.1, 0.15) is 13.7 Å². The first kappa shape index (κ1) is 7.06. The highest BCUT2D eigenvalue weighted by molar-refractivity contribution is 5.12. The highest BCUT2D eigenvalue weighted by Gasteiger charge is 1.97. The van der Waals surface area contributed by atoms with Crippen LogP contribution >= 0.6 is 0 Å². The van der Waals surface area contributed by atoms with Gasteiger partial charge in [0.15, 0.2) is 11.9 Å². The number of aryl methyl sites for hydroxylation is 1. The third-order valence-corrected chi connectivity index (χ3v) is 1.36. The average Bonchev–Trinajstić information content (AvgIpc) is 2.05. The largest absolute Gasteiger partial charge is 0.484 e. The first-order valence-electron chi connectivity index (χ1n) is 3.28. The molecule has 0 amide bonds. The summed E-state index contributed by atoms with van der Waals surface area (Å²) in [7, 11) is 3.32. The molecule has 0 N–H and O–H groups in total. The van der Waals surface area contributed by atoms with E-state index in [0.29, 0.717) is 0 Å². The Balaban J connectivity index is 2.87. The summed E-state index contributed by atoms with van der Waals surface area (Å²) >= 11 is 0. The molecule has 2 heteroatoms. The molecule has 1 aromatic rings. The standard InChI is InChI=1S/C8H11NO/c1-3-9-6-4-5-8(7-9)10-2/h4-7H,2-3H2,1H3/q+1. The monoisotopic (exact) mass is 137 g/mol. The third kappa shape index (κ3) is 1.47. The van der Waals surface area contributed by atoms with Crippen molar-refractivity contribution in [2.75, 3.05) is 0 Å². The van der Waals surface area contributed by atoms with Gasteiger partial charge < -0.3 is 4.74 Å². The minimum absolute atomic E-state index is 0.796. The third-order valence-electron chi connectivity index (χ3n) is 1.36. The molecule has 0 aliphatic rings. The lowest BCUT2D eigenvalue weighted by Gasteiger charge is -1.95. The van der Waals surface area contributed by atoms with Crippen LogP contribution in [0.3, 0.4) is 0 Å². The van der Waals surface area contributed by atoms with Crippen LogP contribution in [-0.2, 0) is 6.54 Å². The van der Waals surface area contributed by atoms with Gasteiger partial charge in [0, 0.05) is 6.07 Å². The second-order valence-electron chi connectivity index (χ2n) is 2.01. The smallest absolute Gasteiger partial charge is 0.211 e. The summed E-state index contributed by atoms with van der Waals surface area (Å²) < 4.78 is 6.81. The van der Waals surface area contributed by atoms with E-state index in [9.17, 15) is 0 Å². The molecule has 0 saturated carbocycles. The van der Waals surface area contributed by atoms with Crippen LogP contribution in [-0.4, -0.2) is 0 Å². The summed E-state index contributed by atoms with van der Waals surface area (Å²) in [6.45, 7) is 3.03. The van der Waals surface area contributed by atoms with Crippen molar-refractivity contribution in [2.45, 2.75) is 13.5 Å². The van der Waals surface area contributed by atoms with E-state index in [1.807, 2.05) is 29.1 Å². The van der Waals surface area contributed by atoms with Crippen LogP contribution in [0.25, 0.3) is 0 Å². The highest BCUT2D eigenvalue weighted by atomic mass is 16.5. The summed E-state index contributed by atoms with van der Waals surface area (Å²) in [5, 5.41) is 0. The topological polar surface area (TPSA) is 13.1 Å². The van der Waals surface area contributed by atoms with Crippen LogP contribution in [0.5, 0.6) is 5.75 Å². The highest BCUT2D eigenvalue weighted by Crippen LogP contribution is 2.03. The van der Waals surface area contributed by atoms with E-state index in [2.05, 4.69) is 14.0 Å². The Morgan fingerprint density at radius 2 is 2.50 bits per heavy atom. The Morgan fingerprint density at radius 3 is 3.10 bits per heavy atom. The Kier molecular flexibility index (Phi) is 2.26. The normalized spacial score (nSPS) is 9.40. The molecule has 53 valence electrons. The van der Waals surface area contributed by atoms with Gasteiger partial charge in [-0.3, -0.25) is 0 Å². The molecule has 1 rings (SSSR count). The molecule has 2 nitrogen and oxygen atoms in total. The van der Waals surface area contributed by atoms with Crippen LogP contribution < -0.4 is 9.30 Å². The number of nitrogens with zero attached hydrogens (tertiary/aromatic N) is 1. The fraction of sp³-hybridized carbons (Fsp3) is 0.250. The SMILES string of the molecule is [CH2]Oc1ccc[n+](CC)c1. The predicted molar refractivity (Wildman–Crippen MR) is 38.3 cm³/mol. The summed E-state index contributed by atoms with van der Waals surface area (Å²) in [6.07, 6.45) is 3.90. The Hall–Kier alpha value is -1.05. The molecule has 1 heterocycles. The molecule has 0 spiro atoms. The predicted octanol–water partition coefficient (Wildman–Crippen LogP) is 1.16. The fourth-order valence-electron chi connectivity index (χ4n) is 0.780. The van der Waals surface area contributed by atoms with Gasteiger partial charge in [-0.1, -0.05) is 0 Å². The van der Waals surface area contributed by atoms with E-state index in [1.165, 1.54) is 0 Å². The van der Waals surface area contributed by atoms with E-state index in [1.54, 1.807) is 0 Å². The van der Waals surface area contributed by atoms with Crippen LogP contribution in [0.1, 0.15) is 6.92 Å². The van der Waals surface area contributed by atoms with Gasteiger partial charge >= 0.3 is 0 Å². The number of pyridine rings is 1. The zero-order chi connectivity index (χ0) is 7.40. The Bertz CT molecular complexity index is 191. The van der Waals surface area contributed by atoms with E-state index < -0.39 is 0 Å². The van der Waals surface area contributed by atoms with Crippen molar-refractivity contribution in [2.24, 2.45) is 0 Å². The van der Waals surface area contributed by atoms with Crippen LogP contribution in [0.15, 0.2) is 24.5 Å². The molecular formula is C8H11NO+. The van der Waals surface area contributed by atoms with E-state index >= 15 is 0 Å². The zero-order valence-corrected chi connectivity index (χ0v) is 6.08. The van der Waals surface area contributed by atoms with Gasteiger partial charge in [0.2, 0.25) is 6.20 Å². The lowest BCUT2D eigenvalue weighted by atomic mass is 10.4. The molecule has 1 radical (unpaired) electrons. The quantitative estimate of drug-likeness (QED) is 0.557. The summed E-state index contributed by atoms with van der Waals surface area (Å²) in [5.74, 6) is 0.796. The summed E-state index contributed by atoms with van der Waals surface area (Å²) in [5.41, 5.74) is 0. The zero-order valence-electron chi connectivity index (χ0n) is 6.08. The van der Waals surface area contributed by atoms with Crippen molar-refractivity contribution >= 4 is 0 Å². The second kappa shape index (κ2) is 3.20. The van der Waals surface area contributed by atoms with Gasteiger partial charge in [0.05, 0.1) is 0 Å². The van der Waals surface area contributed by atoms with Gasteiger partial charge in [0.25, 0.3) is 0 Å². The molecule has 0 fully saturated rings. The lowest BCUT2D eigenvalue weighted by molar-refractivity contribution is -0.693. The van der Waals surface area contributed by atoms with Gasteiger partial charge in [-0.25, -0.2) is 4.57 Å². The number of hydrogen-bond donors (Lipinski definition) is 0. The molecule has 0 saturated heterocycles. The maximum absolute atomic E-state index is 4.79. The van der Waals surface area contributed by atoms with Gasteiger partial charge in [-0.05, 0) is 13.0 Å². The molecule has 0 aliphatic carbocycles. The van der Waals surface area contributed by atoms with E-state index in [4.69, 9.17) is 4.74 Å². The van der Waals surface area contributed by atoms with E-state index in [-0.39, 0.29) is 0 Å². The fourth-order valence-corrected chi connectivity index (χ4v) is 0.780. The van der Waals surface area contributed by atoms with Gasteiger partial charge in [-0.2, -0.15) is 0 Å². The molecule has 0 aliphatic heterocycles. The molecule has 0 unspecified atom stereocenters. The Labute approximate surface area is 61.1 Å². The summed E-state index contributed by atoms with van der Waals surface area (Å²) in [6, 6.07) is 3.81. The minimum Gasteiger partial charge on any atom is -0.484 e. The van der Waals surface area contributed by atoms with Crippen molar-refractivity contribution in [3.63, 3.8) is 0 Å².